The van der Waals surface area contributed by atoms with Crippen molar-refractivity contribution in [3.05, 3.63) is 58.8 Å². The maximum Gasteiger partial charge on any atom is 0.119 e. The molecule has 1 heterocycles. The van der Waals surface area contributed by atoms with Crippen LogP contribution in [0.3, 0.4) is 0 Å². The highest BCUT2D eigenvalue weighted by Gasteiger charge is 2.00. The van der Waals surface area contributed by atoms with Crippen molar-refractivity contribution in [2.75, 3.05) is 6.61 Å². The van der Waals surface area contributed by atoms with Gasteiger partial charge in [0, 0.05) is 11.3 Å². The number of aromatic hydroxyl groups is 1. The molecule has 0 unspecified atom stereocenters. The molecule has 0 fully saturated rings. The smallest absolute Gasteiger partial charge is 0.119 e. The standard InChI is InChI=1S/C16H14O2S/c17-14-5-3-12-4-6-15(11-13(12)10-14)18-8-7-16-2-1-9-19-16/h1-6,9-11,17H,7-8H2. The maximum atomic E-state index is 9.48. The fraction of sp³-hybridized carbons (Fsp3) is 0.125. The molecule has 0 aliphatic heterocycles. The Morgan fingerprint density at radius 3 is 2.74 bits per heavy atom. The van der Waals surface area contributed by atoms with Crippen LogP contribution in [0.5, 0.6) is 11.5 Å². The second kappa shape index (κ2) is 5.33. The third kappa shape index (κ3) is 2.88. The molecule has 19 heavy (non-hydrogen) atoms. The van der Waals surface area contributed by atoms with Crippen molar-refractivity contribution in [2.45, 2.75) is 6.42 Å². The van der Waals surface area contributed by atoms with E-state index in [0.29, 0.717) is 6.61 Å². The fourth-order valence-corrected chi connectivity index (χ4v) is 2.72. The van der Waals surface area contributed by atoms with E-state index in [9.17, 15) is 5.11 Å². The Morgan fingerprint density at radius 1 is 1.00 bits per heavy atom. The van der Waals surface area contributed by atoms with Crippen LogP contribution >= 0.6 is 11.3 Å². The van der Waals surface area contributed by atoms with E-state index in [1.807, 2.05) is 24.3 Å². The summed E-state index contributed by atoms with van der Waals surface area (Å²) < 4.78 is 5.75. The molecule has 0 amide bonds. The summed E-state index contributed by atoms with van der Waals surface area (Å²) in [7, 11) is 0. The van der Waals surface area contributed by atoms with E-state index in [-0.39, 0.29) is 5.75 Å². The number of hydrogen-bond acceptors (Lipinski definition) is 3. The largest absolute Gasteiger partial charge is 0.508 e. The van der Waals surface area contributed by atoms with E-state index in [4.69, 9.17) is 4.74 Å². The normalized spacial score (nSPS) is 10.7. The molecule has 0 bridgehead atoms. The van der Waals surface area contributed by atoms with Gasteiger partial charge in [0.2, 0.25) is 0 Å². The van der Waals surface area contributed by atoms with Crippen LogP contribution in [0.25, 0.3) is 10.8 Å². The molecule has 0 aliphatic carbocycles. The number of phenolic OH excluding ortho intramolecular Hbond substituents is 1. The van der Waals surface area contributed by atoms with Gasteiger partial charge in [-0.05, 0) is 46.5 Å². The fourth-order valence-electron chi connectivity index (χ4n) is 2.03. The van der Waals surface area contributed by atoms with Crippen molar-refractivity contribution < 1.29 is 9.84 Å². The number of rotatable bonds is 4. The van der Waals surface area contributed by atoms with Crippen LogP contribution in [0, 0.1) is 0 Å². The second-order valence-electron chi connectivity index (χ2n) is 4.37. The van der Waals surface area contributed by atoms with Gasteiger partial charge in [0.05, 0.1) is 6.61 Å². The monoisotopic (exact) mass is 270 g/mol. The average Bonchev–Trinajstić information content (AvgIpc) is 2.91. The average molecular weight is 270 g/mol. The van der Waals surface area contributed by atoms with Crippen LogP contribution in [-0.2, 0) is 6.42 Å². The minimum absolute atomic E-state index is 0.281. The second-order valence-corrected chi connectivity index (χ2v) is 5.40. The summed E-state index contributed by atoms with van der Waals surface area (Å²) in [6, 6.07) is 15.5. The van der Waals surface area contributed by atoms with Crippen molar-refractivity contribution in [2.24, 2.45) is 0 Å². The quantitative estimate of drug-likeness (QED) is 0.768. The lowest BCUT2D eigenvalue weighted by Crippen LogP contribution is -1.99. The lowest BCUT2D eigenvalue weighted by molar-refractivity contribution is 0.323. The van der Waals surface area contributed by atoms with Crippen LogP contribution in [0.2, 0.25) is 0 Å². The van der Waals surface area contributed by atoms with E-state index in [2.05, 4.69) is 17.5 Å². The number of phenols is 1. The van der Waals surface area contributed by atoms with Gasteiger partial charge in [0.1, 0.15) is 11.5 Å². The Morgan fingerprint density at radius 2 is 1.89 bits per heavy atom. The third-order valence-corrected chi connectivity index (χ3v) is 3.93. The minimum atomic E-state index is 0.281. The molecule has 0 saturated heterocycles. The number of ether oxygens (including phenoxy) is 1. The van der Waals surface area contributed by atoms with Crippen LogP contribution in [0.15, 0.2) is 53.9 Å². The molecular formula is C16H14O2S. The highest BCUT2D eigenvalue weighted by Crippen LogP contribution is 2.24. The zero-order valence-electron chi connectivity index (χ0n) is 10.4. The molecule has 2 nitrogen and oxygen atoms in total. The summed E-state index contributed by atoms with van der Waals surface area (Å²) in [5, 5.41) is 13.7. The Kier molecular flexibility index (Phi) is 3.38. The number of benzene rings is 2. The summed E-state index contributed by atoms with van der Waals surface area (Å²) in [6.07, 6.45) is 0.926. The molecule has 0 spiro atoms. The van der Waals surface area contributed by atoms with Gasteiger partial charge in [0.15, 0.2) is 0 Å². The number of thiophene rings is 1. The van der Waals surface area contributed by atoms with Gasteiger partial charge < -0.3 is 9.84 Å². The zero-order valence-corrected chi connectivity index (χ0v) is 11.2. The van der Waals surface area contributed by atoms with Crippen molar-refractivity contribution in [1.82, 2.24) is 0 Å². The molecule has 3 heteroatoms. The topological polar surface area (TPSA) is 29.5 Å². The molecule has 0 radical (unpaired) electrons. The first kappa shape index (κ1) is 12.1. The molecule has 0 atom stereocenters. The third-order valence-electron chi connectivity index (χ3n) is 2.99. The first-order chi connectivity index (χ1) is 9.31. The molecule has 0 aliphatic rings. The summed E-state index contributed by atoms with van der Waals surface area (Å²) in [5.41, 5.74) is 0. The van der Waals surface area contributed by atoms with Crippen LogP contribution < -0.4 is 4.74 Å². The molecule has 2 aromatic carbocycles. The van der Waals surface area contributed by atoms with Gasteiger partial charge >= 0.3 is 0 Å². The predicted octanol–water partition coefficient (Wildman–Crippen LogP) is 4.23. The van der Waals surface area contributed by atoms with Gasteiger partial charge in [0.25, 0.3) is 0 Å². The zero-order chi connectivity index (χ0) is 13.1. The Labute approximate surface area is 115 Å². The van der Waals surface area contributed by atoms with Gasteiger partial charge in [-0.1, -0.05) is 18.2 Å². The lowest BCUT2D eigenvalue weighted by atomic mass is 10.1. The van der Waals surface area contributed by atoms with E-state index in [1.165, 1.54) is 4.88 Å². The van der Waals surface area contributed by atoms with Crippen molar-refractivity contribution in [3.8, 4) is 11.5 Å². The minimum Gasteiger partial charge on any atom is -0.508 e. The highest BCUT2D eigenvalue weighted by molar-refractivity contribution is 7.09. The SMILES string of the molecule is Oc1ccc2ccc(OCCc3cccs3)cc2c1. The molecule has 3 aromatic rings. The van der Waals surface area contributed by atoms with Gasteiger partial charge in [-0.25, -0.2) is 0 Å². The first-order valence-electron chi connectivity index (χ1n) is 6.19. The van der Waals surface area contributed by atoms with Crippen molar-refractivity contribution in [3.63, 3.8) is 0 Å². The van der Waals surface area contributed by atoms with Crippen LogP contribution in [0.4, 0.5) is 0 Å². The molecule has 96 valence electrons. The summed E-state index contributed by atoms with van der Waals surface area (Å²) in [5.74, 6) is 1.12. The van der Waals surface area contributed by atoms with Crippen LogP contribution in [0.1, 0.15) is 4.88 Å². The van der Waals surface area contributed by atoms with Crippen molar-refractivity contribution >= 4 is 22.1 Å². The van der Waals surface area contributed by atoms with E-state index >= 15 is 0 Å². The molecular weight excluding hydrogens is 256 g/mol. The van der Waals surface area contributed by atoms with E-state index in [1.54, 1.807) is 23.5 Å². The van der Waals surface area contributed by atoms with E-state index in [0.717, 1.165) is 22.9 Å². The first-order valence-corrected chi connectivity index (χ1v) is 7.07. The van der Waals surface area contributed by atoms with Crippen LogP contribution in [-0.4, -0.2) is 11.7 Å². The molecule has 1 N–H and O–H groups in total. The summed E-state index contributed by atoms with van der Waals surface area (Å²) in [6.45, 7) is 0.671. The van der Waals surface area contributed by atoms with Gasteiger partial charge in [-0.3, -0.25) is 0 Å². The molecule has 3 rings (SSSR count). The Bertz CT molecular complexity index is 674. The molecule has 1 aromatic heterocycles. The summed E-state index contributed by atoms with van der Waals surface area (Å²) in [4.78, 5) is 1.33. The van der Waals surface area contributed by atoms with Gasteiger partial charge in [-0.15, -0.1) is 11.3 Å². The number of fused-ring (bicyclic) bond motifs is 1. The summed E-state index contributed by atoms with van der Waals surface area (Å²) >= 11 is 1.75. The Hall–Kier alpha value is -2.00. The number of hydrogen-bond donors (Lipinski definition) is 1. The Balaban J connectivity index is 1.70. The lowest BCUT2D eigenvalue weighted by Gasteiger charge is -2.07. The van der Waals surface area contributed by atoms with Gasteiger partial charge in [-0.2, -0.15) is 0 Å². The predicted molar refractivity (Wildman–Crippen MR) is 79.1 cm³/mol. The molecule has 0 saturated carbocycles. The maximum absolute atomic E-state index is 9.48. The van der Waals surface area contributed by atoms with E-state index < -0.39 is 0 Å². The highest BCUT2D eigenvalue weighted by atomic mass is 32.1. The van der Waals surface area contributed by atoms with Crippen molar-refractivity contribution in [1.29, 1.82) is 0 Å².